The molecule has 0 spiro atoms. The number of hydrogen-bond acceptors (Lipinski definition) is 5. The summed E-state index contributed by atoms with van der Waals surface area (Å²) in [5.41, 5.74) is 1.29. The summed E-state index contributed by atoms with van der Waals surface area (Å²) in [4.78, 5) is 16.0. The second-order valence-corrected chi connectivity index (χ2v) is 6.90. The molecule has 5 nitrogen and oxygen atoms in total. The Kier molecular flexibility index (Phi) is 7.08. The second-order valence-electron chi connectivity index (χ2n) is 5.50. The fourth-order valence-electron chi connectivity index (χ4n) is 2.39. The molecule has 0 aliphatic heterocycles. The van der Waals surface area contributed by atoms with Crippen molar-refractivity contribution >= 4 is 28.9 Å². The van der Waals surface area contributed by atoms with Crippen LogP contribution >= 0.6 is 22.9 Å². The van der Waals surface area contributed by atoms with E-state index >= 15 is 0 Å². The van der Waals surface area contributed by atoms with Gasteiger partial charge in [0.25, 0.3) is 0 Å². The van der Waals surface area contributed by atoms with Crippen LogP contribution < -0.4 is 9.47 Å². The number of rotatable bonds is 9. The minimum atomic E-state index is -0.963. The standard InChI is InChI=1S/C18H22ClNO4S/c1-4-6-7-8-24-15-12(19)9-11(10-14(15)23-3)17-20-13(5-2)16(25-17)18(21)22/h9-10H,4-8H2,1-3H3,(H,21,22). The molecule has 0 saturated carbocycles. The van der Waals surface area contributed by atoms with E-state index in [2.05, 4.69) is 11.9 Å². The molecule has 1 heterocycles. The summed E-state index contributed by atoms with van der Waals surface area (Å²) < 4.78 is 11.2. The first-order chi connectivity index (χ1) is 12.0. The number of nitrogens with zero attached hydrogens (tertiary/aromatic N) is 1. The molecule has 2 rings (SSSR count). The van der Waals surface area contributed by atoms with Crippen molar-refractivity contribution in [1.29, 1.82) is 0 Å². The maximum atomic E-state index is 11.3. The van der Waals surface area contributed by atoms with Crippen LogP contribution in [0.1, 0.15) is 48.5 Å². The summed E-state index contributed by atoms with van der Waals surface area (Å²) in [7, 11) is 1.55. The van der Waals surface area contributed by atoms with Gasteiger partial charge in [0.2, 0.25) is 0 Å². The summed E-state index contributed by atoms with van der Waals surface area (Å²) in [6, 6.07) is 3.52. The lowest BCUT2D eigenvalue weighted by molar-refractivity contribution is 0.0701. The first kappa shape index (κ1) is 19.5. The van der Waals surface area contributed by atoms with Gasteiger partial charge in [0, 0.05) is 5.56 Å². The van der Waals surface area contributed by atoms with Crippen LogP contribution in [0.15, 0.2) is 12.1 Å². The fourth-order valence-corrected chi connectivity index (χ4v) is 3.64. The smallest absolute Gasteiger partial charge is 0.347 e. The molecule has 0 fully saturated rings. The van der Waals surface area contributed by atoms with Gasteiger partial charge in [-0.2, -0.15) is 0 Å². The maximum absolute atomic E-state index is 11.3. The van der Waals surface area contributed by atoms with Gasteiger partial charge in [-0.1, -0.05) is 38.3 Å². The van der Waals surface area contributed by atoms with Crippen LogP contribution in [0.3, 0.4) is 0 Å². The van der Waals surface area contributed by atoms with Crippen LogP contribution in [0.2, 0.25) is 5.02 Å². The van der Waals surface area contributed by atoms with Gasteiger partial charge in [-0.15, -0.1) is 11.3 Å². The molecule has 0 aliphatic carbocycles. The number of aryl methyl sites for hydroxylation is 1. The Labute approximate surface area is 156 Å². The molecule has 0 atom stereocenters. The van der Waals surface area contributed by atoms with Crippen molar-refractivity contribution in [2.45, 2.75) is 39.5 Å². The third-order valence-electron chi connectivity index (χ3n) is 3.70. The number of thiazole rings is 1. The monoisotopic (exact) mass is 383 g/mol. The molecule has 1 N–H and O–H groups in total. The lowest BCUT2D eigenvalue weighted by atomic mass is 10.2. The summed E-state index contributed by atoms with van der Waals surface area (Å²) >= 11 is 7.51. The average Bonchev–Trinajstić information content (AvgIpc) is 3.04. The fraction of sp³-hybridized carbons (Fsp3) is 0.444. The van der Waals surface area contributed by atoms with E-state index in [1.807, 2.05) is 6.92 Å². The van der Waals surface area contributed by atoms with Crippen molar-refractivity contribution in [1.82, 2.24) is 4.98 Å². The van der Waals surface area contributed by atoms with Crippen LogP contribution in [0.4, 0.5) is 0 Å². The number of hydrogen-bond donors (Lipinski definition) is 1. The number of carboxylic acids is 1. The zero-order valence-corrected chi connectivity index (χ0v) is 16.2. The molecule has 0 aliphatic rings. The van der Waals surface area contributed by atoms with Crippen LogP contribution in [0, 0.1) is 0 Å². The van der Waals surface area contributed by atoms with E-state index in [1.165, 1.54) is 0 Å². The molecule has 1 aromatic heterocycles. The van der Waals surface area contributed by atoms with Gasteiger partial charge < -0.3 is 14.6 Å². The molecule has 0 bridgehead atoms. The highest BCUT2D eigenvalue weighted by molar-refractivity contribution is 7.17. The van der Waals surface area contributed by atoms with Gasteiger partial charge in [-0.25, -0.2) is 9.78 Å². The van der Waals surface area contributed by atoms with Crippen LogP contribution in [0.25, 0.3) is 10.6 Å². The SMILES string of the molecule is CCCCCOc1c(Cl)cc(-c2nc(CC)c(C(=O)O)s2)cc1OC. The Bertz CT molecular complexity index is 745. The van der Waals surface area contributed by atoms with Crippen molar-refractivity contribution in [2.75, 3.05) is 13.7 Å². The van der Waals surface area contributed by atoms with Gasteiger partial charge in [0.1, 0.15) is 9.88 Å². The van der Waals surface area contributed by atoms with Crippen LogP contribution in [-0.4, -0.2) is 29.8 Å². The third-order valence-corrected chi connectivity index (χ3v) is 5.11. The number of carbonyl (C=O) groups is 1. The Morgan fingerprint density at radius 1 is 1.32 bits per heavy atom. The Hall–Kier alpha value is -1.79. The van der Waals surface area contributed by atoms with Gasteiger partial charge in [-0.3, -0.25) is 0 Å². The van der Waals surface area contributed by atoms with Crippen LogP contribution in [0.5, 0.6) is 11.5 Å². The molecule has 0 radical (unpaired) electrons. The van der Waals surface area contributed by atoms with Gasteiger partial charge in [-0.05, 0) is 25.0 Å². The molecular weight excluding hydrogens is 362 g/mol. The van der Waals surface area contributed by atoms with E-state index < -0.39 is 5.97 Å². The molecule has 0 amide bonds. The minimum Gasteiger partial charge on any atom is -0.493 e. The van der Waals surface area contributed by atoms with E-state index in [0.717, 1.165) is 36.2 Å². The van der Waals surface area contributed by atoms with Crippen molar-refractivity contribution in [3.63, 3.8) is 0 Å². The molecule has 25 heavy (non-hydrogen) atoms. The molecule has 2 aromatic rings. The topological polar surface area (TPSA) is 68.7 Å². The van der Waals surface area contributed by atoms with Gasteiger partial charge in [0.05, 0.1) is 24.4 Å². The highest BCUT2D eigenvalue weighted by Crippen LogP contribution is 2.41. The number of carboxylic acid groups (broad SMARTS) is 1. The van der Waals surface area contributed by atoms with Crippen molar-refractivity contribution < 1.29 is 19.4 Å². The largest absolute Gasteiger partial charge is 0.493 e. The van der Waals surface area contributed by atoms with Gasteiger partial charge >= 0.3 is 5.97 Å². The summed E-state index contributed by atoms with van der Waals surface area (Å²) in [5, 5.41) is 10.3. The van der Waals surface area contributed by atoms with E-state index in [-0.39, 0.29) is 4.88 Å². The first-order valence-corrected chi connectivity index (χ1v) is 9.44. The number of benzene rings is 1. The van der Waals surface area contributed by atoms with E-state index in [1.54, 1.807) is 19.2 Å². The number of aromatic nitrogens is 1. The molecule has 136 valence electrons. The molecule has 0 saturated heterocycles. The predicted molar refractivity (Wildman–Crippen MR) is 100 cm³/mol. The zero-order chi connectivity index (χ0) is 18.4. The lowest BCUT2D eigenvalue weighted by Gasteiger charge is -2.13. The van der Waals surface area contributed by atoms with Crippen molar-refractivity contribution in [2.24, 2.45) is 0 Å². The van der Waals surface area contributed by atoms with E-state index in [9.17, 15) is 9.90 Å². The van der Waals surface area contributed by atoms with Crippen LogP contribution in [-0.2, 0) is 6.42 Å². The zero-order valence-electron chi connectivity index (χ0n) is 14.6. The molecule has 7 heteroatoms. The van der Waals surface area contributed by atoms with Crippen molar-refractivity contribution in [3.05, 3.63) is 27.7 Å². The number of aromatic carboxylic acids is 1. The highest BCUT2D eigenvalue weighted by atomic mass is 35.5. The molecular formula is C18H22ClNO4S. The highest BCUT2D eigenvalue weighted by Gasteiger charge is 2.19. The molecule has 1 aromatic carbocycles. The first-order valence-electron chi connectivity index (χ1n) is 8.25. The number of halogens is 1. The summed E-state index contributed by atoms with van der Waals surface area (Å²) in [5.74, 6) is 0.0633. The van der Waals surface area contributed by atoms with Crippen molar-refractivity contribution in [3.8, 4) is 22.1 Å². The number of methoxy groups -OCH3 is 1. The van der Waals surface area contributed by atoms with E-state index in [4.69, 9.17) is 21.1 Å². The summed E-state index contributed by atoms with van der Waals surface area (Å²) in [6.45, 7) is 4.59. The quantitative estimate of drug-likeness (QED) is 0.595. The number of unbranched alkanes of at least 4 members (excludes halogenated alkanes) is 2. The van der Waals surface area contributed by atoms with Gasteiger partial charge in [0.15, 0.2) is 11.5 Å². The second kappa shape index (κ2) is 9.06. The summed E-state index contributed by atoms with van der Waals surface area (Å²) in [6.07, 6.45) is 3.71. The minimum absolute atomic E-state index is 0.257. The third kappa shape index (κ3) is 4.64. The average molecular weight is 384 g/mol. The number of ether oxygens (including phenoxy) is 2. The predicted octanol–water partition coefficient (Wildman–Crippen LogP) is 5.30. The lowest BCUT2D eigenvalue weighted by Crippen LogP contribution is -2.00. The van der Waals surface area contributed by atoms with E-state index in [0.29, 0.717) is 40.3 Å². The Balaban J connectivity index is 2.34. The Morgan fingerprint density at radius 3 is 2.64 bits per heavy atom. The maximum Gasteiger partial charge on any atom is 0.347 e. The Morgan fingerprint density at radius 2 is 2.08 bits per heavy atom. The normalized spacial score (nSPS) is 10.7. The molecule has 0 unspecified atom stereocenters.